The molecular formula is C46H52BrMgN15O7. The molecule has 4 heterocycles. The summed E-state index contributed by atoms with van der Waals surface area (Å²) >= 11 is 0. The van der Waals surface area contributed by atoms with Crippen molar-refractivity contribution in [3.8, 4) is 34.3 Å². The van der Waals surface area contributed by atoms with Crippen LogP contribution in [0.4, 0.5) is 34.4 Å². The van der Waals surface area contributed by atoms with Gasteiger partial charge in [-0.3, -0.25) is 33.4 Å². The Balaban J connectivity index is 0.000000211. The number of hydroxylamine groups is 2. The van der Waals surface area contributed by atoms with E-state index < -0.39 is 5.91 Å². The Labute approximate surface area is 430 Å². The molecule has 10 rings (SSSR count). The molecule has 4 aliphatic rings. The summed E-state index contributed by atoms with van der Waals surface area (Å²) in [6.07, 6.45) is 13.4. The molecule has 4 saturated carbocycles. The fraction of sp³-hybridized carbons (Fsp3) is 0.370. The predicted octanol–water partition coefficient (Wildman–Crippen LogP) is 2.58. The van der Waals surface area contributed by atoms with Crippen molar-refractivity contribution >= 4 is 80.9 Å². The summed E-state index contributed by atoms with van der Waals surface area (Å²) in [5, 5.41) is 38.0. The van der Waals surface area contributed by atoms with Crippen LogP contribution in [0.25, 0.3) is 22.8 Å². The molecule has 4 N–H and O–H groups in total. The number of hydrogen-bond acceptors (Lipinski definition) is 17. The van der Waals surface area contributed by atoms with Gasteiger partial charge in [-0.1, -0.05) is 12.1 Å². The number of hydrogen-bond donors (Lipinski definition) is 4. The molecule has 2 aromatic carbocycles. The summed E-state index contributed by atoms with van der Waals surface area (Å²) in [6, 6.07) is 14.2. The molecule has 3 amide bonds. The first kappa shape index (κ1) is 52.7. The van der Waals surface area contributed by atoms with E-state index in [1.807, 2.05) is 30.3 Å². The Kier molecular flexibility index (Phi) is 17.9. The Morgan fingerprint density at radius 1 is 0.643 bits per heavy atom. The maximum absolute atomic E-state index is 12.8. The Morgan fingerprint density at radius 3 is 1.44 bits per heavy atom. The minimum atomic E-state index is -0.519. The van der Waals surface area contributed by atoms with Crippen LogP contribution in [0, 0.1) is 24.2 Å². The fourth-order valence-corrected chi connectivity index (χ4v) is 6.63. The SMILES string of the molecule is COc1c(Nc2cc(NC(=O)C3CC3)nnc2C(=O)C2CC2)cccc1-c1ncn(C)n1.COc1c(Nc2cc(NC(=O)C3CC3)nnc2C(=O)N(C)OC)cccc1-c1ncn(C)n1.[Br-].[CH-]1CC1.[Mg+2]. The topological polar surface area (TPSA) is 260 Å². The molecule has 0 radical (unpaired) electrons. The van der Waals surface area contributed by atoms with Gasteiger partial charge in [-0.15, -0.1) is 20.4 Å². The van der Waals surface area contributed by atoms with Gasteiger partial charge in [-0.05, 0) is 62.8 Å². The van der Waals surface area contributed by atoms with Crippen LogP contribution in [0.5, 0.6) is 11.5 Å². The van der Waals surface area contributed by atoms with E-state index in [1.165, 1.54) is 34.1 Å². The van der Waals surface area contributed by atoms with Crippen LogP contribution in [0.2, 0.25) is 0 Å². The van der Waals surface area contributed by atoms with Crippen LogP contribution in [0.15, 0.2) is 61.2 Å². The minimum absolute atomic E-state index is 0. The van der Waals surface area contributed by atoms with Crippen molar-refractivity contribution in [2.24, 2.45) is 31.8 Å². The number of carbonyl (C=O) groups is 4. The number of benzene rings is 2. The number of Topliss-reactive ketones (excluding diaryl/α,β-unsaturated/α-hetero) is 1. The van der Waals surface area contributed by atoms with E-state index in [-0.39, 0.29) is 92.6 Å². The maximum Gasteiger partial charge on any atom is 2.00 e. The smallest absolute Gasteiger partial charge is 1.00 e. The van der Waals surface area contributed by atoms with Crippen molar-refractivity contribution < 1.29 is 50.5 Å². The van der Waals surface area contributed by atoms with Crippen molar-refractivity contribution in [3.05, 3.63) is 79.0 Å². The Morgan fingerprint density at radius 2 is 1.07 bits per heavy atom. The van der Waals surface area contributed by atoms with E-state index in [9.17, 15) is 19.2 Å². The van der Waals surface area contributed by atoms with Gasteiger partial charge in [0.15, 0.2) is 52.0 Å². The number of anilines is 6. The summed E-state index contributed by atoms with van der Waals surface area (Å²) in [6.45, 7) is 0. The number of methoxy groups -OCH3 is 2. The van der Waals surface area contributed by atoms with Gasteiger partial charge in [0, 0.05) is 51.0 Å². The van der Waals surface area contributed by atoms with Crippen LogP contribution in [-0.2, 0) is 28.5 Å². The molecule has 70 heavy (non-hydrogen) atoms. The number of ketones is 1. The average molecular weight is 1030 g/mol. The number of amides is 3. The van der Waals surface area contributed by atoms with Crippen molar-refractivity contribution in [2.75, 3.05) is 49.6 Å². The molecule has 4 aliphatic carbocycles. The first-order chi connectivity index (χ1) is 32.9. The van der Waals surface area contributed by atoms with Crippen molar-refractivity contribution in [1.82, 2.24) is 55.0 Å². The number of para-hydroxylation sites is 2. The van der Waals surface area contributed by atoms with Crippen LogP contribution in [0.3, 0.4) is 0 Å². The molecule has 0 atom stereocenters. The molecule has 6 aromatic rings. The van der Waals surface area contributed by atoms with E-state index in [0.717, 1.165) is 43.6 Å². The molecule has 362 valence electrons. The largest absolute Gasteiger partial charge is 2.00 e. The van der Waals surface area contributed by atoms with Gasteiger partial charge in [-0.25, -0.2) is 27.9 Å². The molecule has 0 spiro atoms. The zero-order valence-electron chi connectivity index (χ0n) is 39.6. The third-order valence-electron chi connectivity index (χ3n) is 10.9. The van der Waals surface area contributed by atoms with Crippen LogP contribution < -0.4 is 47.7 Å². The van der Waals surface area contributed by atoms with E-state index in [2.05, 4.69) is 68.2 Å². The number of carbonyl (C=O) groups excluding carboxylic acids is 4. The van der Waals surface area contributed by atoms with Gasteiger partial charge >= 0.3 is 23.1 Å². The first-order valence-electron chi connectivity index (χ1n) is 22.1. The molecule has 24 heteroatoms. The maximum atomic E-state index is 12.8. The number of aromatic nitrogens is 10. The molecule has 4 aromatic heterocycles. The van der Waals surface area contributed by atoms with Crippen LogP contribution in [0.1, 0.15) is 72.3 Å². The molecule has 0 aliphatic heterocycles. The van der Waals surface area contributed by atoms with E-state index in [1.54, 1.807) is 61.4 Å². The van der Waals surface area contributed by atoms with Gasteiger partial charge in [0.05, 0.1) is 55.2 Å². The third kappa shape index (κ3) is 13.4. The van der Waals surface area contributed by atoms with Crippen molar-refractivity contribution in [3.63, 3.8) is 0 Å². The molecule has 0 saturated heterocycles. The van der Waals surface area contributed by atoms with Crippen molar-refractivity contribution in [2.45, 2.75) is 51.4 Å². The quantitative estimate of drug-likeness (QED) is 0.0470. The Bertz CT molecular complexity index is 2830. The molecule has 22 nitrogen and oxygen atoms in total. The van der Waals surface area contributed by atoms with Gasteiger partial charge in [-0.2, -0.15) is 10.2 Å². The van der Waals surface area contributed by atoms with Crippen LogP contribution in [-0.4, -0.2) is 130 Å². The molecule has 4 fully saturated rings. The Hall–Kier alpha value is -6.63. The van der Waals surface area contributed by atoms with Crippen molar-refractivity contribution in [1.29, 1.82) is 0 Å². The second-order valence-electron chi connectivity index (χ2n) is 16.5. The number of nitrogens with zero attached hydrogens (tertiary/aromatic N) is 11. The van der Waals surface area contributed by atoms with Gasteiger partial charge < -0.3 is 54.1 Å². The number of ether oxygens (including phenoxy) is 2. The number of halogens is 1. The summed E-state index contributed by atoms with van der Waals surface area (Å²) in [5.74, 6) is 1.77. The predicted molar refractivity (Wildman–Crippen MR) is 255 cm³/mol. The summed E-state index contributed by atoms with van der Waals surface area (Å²) < 4.78 is 14.5. The standard InChI is InChI=1S/C22H23N7O3.C21H24N8O4.C3H5.BrH.Mg/c1-29-11-23-21(28-29)14-4-3-5-15(20(14)32-2)24-16-10-17(25-22(31)13-8-9-13)26-27-18(16)19(30)12-6-7-12;1-28-11-22-19(27-28)13-6-5-7-14(18(13)32-3)23-15-10-16(24-20(30)12-8-9-12)25-26-17(15)21(31)29(2)33-4;1-2-3-1;;/h3-5,10-13H,6-9H2,1-2H3,(H2,24,25,26,31);5-7,10-12H,8-9H2,1-4H3,(H2,23,24,25,30);1H,2-3H2;1H;/q;;-1;;+2/p-1. The van der Waals surface area contributed by atoms with E-state index in [4.69, 9.17) is 14.3 Å². The average Bonchev–Trinajstić information content (AvgIpc) is 4.12. The van der Waals surface area contributed by atoms with Crippen LogP contribution >= 0.6 is 0 Å². The first-order valence-corrected chi connectivity index (χ1v) is 22.1. The molecular weight excluding hydrogens is 979 g/mol. The third-order valence-corrected chi connectivity index (χ3v) is 10.9. The summed E-state index contributed by atoms with van der Waals surface area (Å²) in [4.78, 5) is 63.6. The minimum Gasteiger partial charge on any atom is -1.00 e. The monoisotopic (exact) mass is 1030 g/mol. The number of rotatable bonds is 16. The zero-order valence-corrected chi connectivity index (χ0v) is 42.6. The van der Waals surface area contributed by atoms with Gasteiger partial charge in [0.1, 0.15) is 12.7 Å². The second kappa shape index (κ2) is 23.8. The second-order valence-corrected chi connectivity index (χ2v) is 16.5. The van der Waals surface area contributed by atoms with Gasteiger partial charge in [0.2, 0.25) is 11.8 Å². The molecule has 0 bridgehead atoms. The number of nitrogens with one attached hydrogen (secondary N) is 4. The number of aryl methyl sites for hydroxylation is 2. The summed E-state index contributed by atoms with van der Waals surface area (Å²) in [5.41, 5.74) is 3.57. The zero-order chi connectivity index (χ0) is 47.9. The van der Waals surface area contributed by atoms with E-state index >= 15 is 0 Å². The normalized spacial score (nSPS) is 14.1. The van der Waals surface area contributed by atoms with E-state index in [0.29, 0.717) is 62.8 Å². The fourth-order valence-electron chi connectivity index (χ4n) is 6.63. The summed E-state index contributed by atoms with van der Waals surface area (Å²) in [7, 11) is 9.49. The van der Waals surface area contributed by atoms with Gasteiger partial charge in [0.25, 0.3) is 5.91 Å². The molecule has 0 unspecified atom stereocenters.